The van der Waals surface area contributed by atoms with E-state index in [-0.39, 0.29) is 0 Å². The van der Waals surface area contributed by atoms with E-state index < -0.39 is 0 Å². The molecule has 2 aromatic heterocycles. The molecular weight excluding hydrogens is 340 g/mol. The van der Waals surface area contributed by atoms with Crippen LogP contribution < -0.4 is 10.5 Å². The Morgan fingerprint density at radius 1 is 0.958 bits per heavy atom. The molecule has 2 heterocycles. The highest BCUT2D eigenvalue weighted by molar-refractivity contribution is 7.22. The van der Waals surface area contributed by atoms with E-state index in [9.17, 15) is 0 Å². The normalized spacial score (nSPS) is 10.9. The molecule has 0 saturated carbocycles. The van der Waals surface area contributed by atoms with Crippen molar-refractivity contribution in [3.05, 3.63) is 72.0 Å². The van der Waals surface area contributed by atoms with Crippen molar-refractivity contribution in [3.8, 4) is 21.9 Å². The Labute approximate surface area is 148 Å². The molecule has 0 radical (unpaired) electrons. The molecule has 4 aromatic rings. The average Bonchev–Trinajstić information content (AvgIpc) is 3.03. The predicted octanol–water partition coefficient (Wildman–Crippen LogP) is 5.99. The number of ether oxygens (including phenoxy) is 1. The van der Waals surface area contributed by atoms with Crippen LogP contribution in [0.15, 0.2) is 67.0 Å². The fraction of sp³-hybridized carbons (Fsp3) is 0. The van der Waals surface area contributed by atoms with Gasteiger partial charge in [0, 0.05) is 27.2 Å². The molecule has 5 heteroatoms. The molecule has 24 heavy (non-hydrogen) atoms. The van der Waals surface area contributed by atoms with Crippen molar-refractivity contribution in [1.82, 2.24) is 4.98 Å². The molecule has 2 aromatic carbocycles. The third-order valence-electron chi connectivity index (χ3n) is 3.65. The van der Waals surface area contributed by atoms with E-state index in [4.69, 9.17) is 22.1 Å². The van der Waals surface area contributed by atoms with Gasteiger partial charge in [-0.25, -0.2) is 0 Å². The Kier molecular flexibility index (Phi) is 3.84. The van der Waals surface area contributed by atoms with Gasteiger partial charge >= 0.3 is 0 Å². The molecule has 0 amide bonds. The molecular formula is C19H13ClN2OS. The molecule has 0 fully saturated rings. The lowest BCUT2D eigenvalue weighted by molar-refractivity contribution is 0.486. The SMILES string of the molecule is Nc1ccc(-c2cc3c(Oc4ccc(Cl)cc4)cncc3s2)cc1. The van der Waals surface area contributed by atoms with Gasteiger partial charge in [-0.15, -0.1) is 11.3 Å². The molecule has 0 atom stereocenters. The molecule has 0 saturated heterocycles. The molecule has 2 N–H and O–H groups in total. The van der Waals surface area contributed by atoms with E-state index in [2.05, 4.69) is 11.1 Å². The van der Waals surface area contributed by atoms with Gasteiger partial charge < -0.3 is 10.5 Å². The van der Waals surface area contributed by atoms with Crippen LogP contribution in [0.3, 0.4) is 0 Å². The lowest BCUT2D eigenvalue weighted by atomic mass is 10.1. The van der Waals surface area contributed by atoms with E-state index in [0.717, 1.165) is 37.7 Å². The van der Waals surface area contributed by atoms with Crippen LogP contribution >= 0.6 is 22.9 Å². The molecule has 0 spiro atoms. The highest BCUT2D eigenvalue weighted by Crippen LogP contribution is 2.39. The second-order valence-electron chi connectivity index (χ2n) is 5.34. The largest absolute Gasteiger partial charge is 0.455 e. The van der Waals surface area contributed by atoms with Gasteiger partial charge in [-0.2, -0.15) is 0 Å². The Bertz CT molecular complexity index is 994. The fourth-order valence-electron chi connectivity index (χ4n) is 2.44. The lowest BCUT2D eigenvalue weighted by Crippen LogP contribution is -1.85. The Morgan fingerprint density at radius 3 is 2.46 bits per heavy atom. The zero-order valence-corrected chi connectivity index (χ0v) is 14.1. The Balaban J connectivity index is 1.74. The molecule has 118 valence electrons. The smallest absolute Gasteiger partial charge is 0.154 e. The number of fused-ring (bicyclic) bond motifs is 1. The monoisotopic (exact) mass is 352 g/mol. The van der Waals surface area contributed by atoms with Gasteiger partial charge in [0.05, 0.1) is 10.9 Å². The highest BCUT2D eigenvalue weighted by Gasteiger charge is 2.10. The number of thiophene rings is 1. The van der Waals surface area contributed by atoms with Crippen LogP contribution in [0.5, 0.6) is 11.5 Å². The van der Waals surface area contributed by atoms with E-state index in [1.165, 1.54) is 0 Å². The first-order valence-corrected chi connectivity index (χ1v) is 8.55. The second kappa shape index (κ2) is 6.15. The average molecular weight is 353 g/mol. The number of hydrogen-bond acceptors (Lipinski definition) is 4. The van der Waals surface area contributed by atoms with E-state index in [1.807, 2.05) is 42.6 Å². The van der Waals surface area contributed by atoms with Crippen molar-refractivity contribution >= 4 is 38.7 Å². The minimum Gasteiger partial charge on any atom is -0.455 e. The predicted molar refractivity (Wildman–Crippen MR) is 101 cm³/mol. The Morgan fingerprint density at radius 2 is 1.71 bits per heavy atom. The van der Waals surface area contributed by atoms with Crippen LogP contribution in [-0.2, 0) is 0 Å². The summed E-state index contributed by atoms with van der Waals surface area (Å²) in [7, 11) is 0. The summed E-state index contributed by atoms with van der Waals surface area (Å²) in [6.07, 6.45) is 3.59. The third-order valence-corrected chi connectivity index (χ3v) is 5.02. The number of nitrogen functional groups attached to an aromatic ring is 1. The summed E-state index contributed by atoms with van der Waals surface area (Å²) in [5.41, 5.74) is 7.65. The first-order chi connectivity index (χ1) is 11.7. The van der Waals surface area contributed by atoms with Gasteiger partial charge in [0.25, 0.3) is 0 Å². The van der Waals surface area contributed by atoms with Crippen LogP contribution in [0.25, 0.3) is 20.5 Å². The number of nitrogens with two attached hydrogens (primary N) is 1. The summed E-state index contributed by atoms with van der Waals surface area (Å²) in [6, 6.07) is 17.3. The summed E-state index contributed by atoms with van der Waals surface area (Å²) in [4.78, 5) is 5.44. The van der Waals surface area contributed by atoms with Crippen LogP contribution in [0.4, 0.5) is 5.69 Å². The fourth-order valence-corrected chi connectivity index (χ4v) is 3.61. The number of hydrogen-bond donors (Lipinski definition) is 1. The van der Waals surface area contributed by atoms with Crippen LogP contribution in [0.1, 0.15) is 0 Å². The van der Waals surface area contributed by atoms with Crippen molar-refractivity contribution in [2.24, 2.45) is 0 Å². The molecule has 0 bridgehead atoms. The van der Waals surface area contributed by atoms with Gasteiger partial charge in [-0.3, -0.25) is 4.98 Å². The summed E-state index contributed by atoms with van der Waals surface area (Å²) in [6.45, 7) is 0. The first kappa shape index (κ1) is 15.0. The number of anilines is 1. The van der Waals surface area contributed by atoms with E-state index in [1.54, 1.807) is 29.7 Å². The number of aromatic nitrogens is 1. The zero-order chi connectivity index (χ0) is 16.5. The van der Waals surface area contributed by atoms with E-state index in [0.29, 0.717) is 5.02 Å². The number of rotatable bonds is 3. The number of pyridine rings is 1. The van der Waals surface area contributed by atoms with Gasteiger partial charge in [-0.05, 0) is 48.0 Å². The molecule has 3 nitrogen and oxygen atoms in total. The summed E-state index contributed by atoms with van der Waals surface area (Å²) in [5, 5.41) is 1.72. The maximum atomic E-state index is 5.98. The number of halogens is 1. The van der Waals surface area contributed by atoms with Crippen LogP contribution in [0.2, 0.25) is 5.02 Å². The molecule has 0 aliphatic rings. The van der Waals surface area contributed by atoms with Crippen LogP contribution in [-0.4, -0.2) is 4.98 Å². The maximum Gasteiger partial charge on any atom is 0.154 e. The summed E-state index contributed by atoms with van der Waals surface area (Å²) >= 11 is 7.60. The quantitative estimate of drug-likeness (QED) is 0.460. The standard InChI is InChI=1S/C19H13ClN2OS/c20-13-3-7-15(8-4-13)23-17-10-22-11-19-16(17)9-18(24-19)12-1-5-14(21)6-2-12/h1-11H,21H2. The lowest BCUT2D eigenvalue weighted by Gasteiger charge is -2.06. The molecule has 0 aliphatic carbocycles. The van der Waals surface area contributed by atoms with Crippen molar-refractivity contribution in [2.75, 3.05) is 5.73 Å². The second-order valence-corrected chi connectivity index (χ2v) is 6.86. The van der Waals surface area contributed by atoms with Gasteiger partial charge in [0.1, 0.15) is 5.75 Å². The van der Waals surface area contributed by atoms with Gasteiger partial charge in [-0.1, -0.05) is 23.7 Å². The van der Waals surface area contributed by atoms with Crippen molar-refractivity contribution in [3.63, 3.8) is 0 Å². The summed E-state index contributed by atoms with van der Waals surface area (Å²) < 4.78 is 7.06. The molecule has 4 rings (SSSR count). The van der Waals surface area contributed by atoms with Gasteiger partial charge in [0.2, 0.25) is 0 Å². The van der Waals surface area contributed by atoms with Crippen LogP contribution in [0, 0.1) is 0 Å². The van der Waals surface area contributed by atoms with Gasteiger partial charge in [0.15, 0.2) is 5.75 Å². The minimum absolute atomic E-state index is 0.680. The highest BCUT2D eigenvalue weighted by atomic mass is 35.5. The Hall–Kier alpha value is -2.56. The molecule has 0 unspecified atom stereocenters. The molecule has 0 aliphatic heterocycles. The van der Waals surface area contributed by atoms with E-state index >= 15 is 0 Å². The number of nitrogens with zero attached hydrogens (tertiary/aromatic N) is 1. The van der Waals surface area contributed by atoms with Crippen molar-refractivity contribution in [1.29, 1.82) is 0 Å². The van der Waals surface area contributed by atoms with Crippen molar-refractivity contribution in [2.45, 2.75) is 0 Å². The van der Waals surface area contributed by atoms with Crippen molar-refractivity contribution < 1.29 is 4.74 Å². The zero-order valence-electron chi connectivity index (χ0n) is 12.6. The minimum atomic E-state index is 0.680. The number of benzene rings is 2. The first-order valence-electron chi connectivity index (χ1n) is 7.36. The summed E-state index contributed by atoms with van der Waals surface area (Å²) in [5.74, 6) is 1.46. The maximum absolute atomic E-state index is 5.98. The third kappa shape index (κ3) is 2.94. The topological polar surface area (TPSA) is 48.1 Å².